The molecule has 5 nitrogen and oxygen atoms in total. The lowest BCUT2D eigenvalue weighted by atomic mass is 10.1. The molecule has 5 heteroatoms. The van der Waals surface area contributed by atoms with Crippen LogP contribution < -0.4 is 10.6 Å². The van der Waals surface area contributed by atoms with Crippen molar-refractivity contribution in [3.05, 3.63) is 82.8 Å². The molecule has 0 unspecified atom stereocenters. The summed E-state index contributed by atoms with van der Waals surface area (Å²) in [5.41, 5.74) is 4.78. The topological polar surface area (TPSA) is 66.9 Å². The van der Waals surface area contributed by atoms with E-state index >= 15 is 0 Å². The quantitative estimate of drug-likeness (QED) is 0.687. The summed E-state index contributed by atoms with van der Waals surface area (Å²) in [5.74, 6) is 0.954. The van der Waals surface area contributed by atoms with Gasteiger partial charge in [-0.25, -0.2) is 9.97 Å². The summed E-state index contributed by atoms with van der Waals surface area (Å²) in [4.78, 5) is 21.3. The van der Waals surface area contributed by atoms with E-state index in [2.05, 4.69) is 33.6 Å². The van der Waals surface area contributed by atoms with Gasteiger partial charge in [-0.05, 0) is 43.0 Å². The highest BCUT2D eigenvalue weighted by atomic mass is 16.1. The molecule has 3 aromatic rings. The van der Waals surface area contributed by atoms with Gasteiger partial charge in [0.15, 0.2) is 0 Å². The Kier molecular flexibility index (Phi) is 5.81. The molecule has 1 amide bonds. The number of nitrogens with one attached hydrogen (secondary N) is 2. The van der Waals surface area contributed by atoms with Gasteiger partial charge in [0.25, 0.3) is 5.91 Å². The standard InChI is InChI=1S/C22H24N4O/c1-4-17-10-7-8-12-19(17)26-21-13-20(24-16(3)25-21)22(27)23-14-18-11-6-5-9-15(18)2/h5-13H,4,14H2,1-3H3,(H,23,27)(H,24,25,26). The highest BCUT2D eigenvalue weighted by molar-refractivity contribution is 5.93. The Hall–Kier alpha value is -3.21. The molecule has 0 aliphatic rings. The van der Waals surface area contributed by atoms with Gasteiger partial charge in [-0.15, -0.1) is 0 Å². The number of para-hydroxylation sites is 1. The number of rotatable bonds is 6. The van der Waals surface area contributed by atoms with Crippen molar-refractivity contribution in [3.63, 3.8) is 0 Å². The number of carbonyl (C=O) groups is 1. The van der Waals surface area contributed by atoms with Gasteiger partial charge in [-0.2, -0.15) is 0 Å². The van der Waals surface area contributed by atoms with Gasteiger partial charge in [-0.1, -0.05) is 49.4 Å². The van der Waals surface area contributed by atoms with Crippen molar-refractivity contribution in [2.45, 2.75) is 33.7 Å². The van der Waals surface area contributed by atoms with Gasteiger partial charge in [-0.3, -0.25) is 4.79 Å². The Bertz CT molecular complexity index is 953. The van der Waals surface area contributed by atoms with Crippen molar-refractivity contribution in [1.82, 2.24) is 15.3 Å². The van der Waals surface area contributed by atoms with Gasteiger partial charge in [0.1, 0.15) is 17.3 Å². The first-order chi connectivity index (χ1) is 13.1. The number of anilines is 2. The molecule has 0 fully saturated rings. The number of benzene rings is 2. The van der Waals surface area contributed by atoms with Crippen LogP contribution in [-0.4, -0.2) is 15.9 Å². The monoisotopic (exact) mass is 360 g/mol. The van der Waals surface area contributed by atoms with Crippen LogP contribution in [0.3, 0.4) is 0 Å². The van der Waals surface area contributed by atoms with Gasteiger partial charge in [0.2, 0.25) is 0 Å². The molecule has 0 atom stereocenters. The third kappa shape index (κ3) is 4.70. The van der Waals surface area contributed by atoms with E-state index in [1.807, 2.05) is 49.4 Å². The summed E-state index contributed by atoms with van der Waals surface area (Å²) in [7, 11) is 0. The Morgan fingerprint density at radius 3 is 2.41 bits per heavy atom. The van der Waals surface area contributed by atoms with Gasteiger partial charge >= 0.3 is 0 Å². The van der Waals surface area contributed by atoms with E-state index in [4.69, 9.17) is 0 Å². The van der Waals surface area contributed by atoms with E-state index in [9.17, 15) is 4.79 Å². The zero-order valence-electron chi connectivity index (χ0n) is 15.9. The Morgan fingerprint density at radius 2 is 1.67 bits per heavy atom. The van der Waals surface area contributed by atoms with Crippen molar-refractivity contribution in [2.75, 3.05) is 5.32 Å². The van der Waals surface area contributed by atoms with Crippen LogP contribution in [0, 0.1) is 13.8 Å². The smallest absolute Gasteiger partial charge is 0.270 e. The third-order valence-corrected chi connectivity index (χ3v) is 4.43. The number of hydrogen-bond acceptors (Lipinski definition) is 4. The Balaban J connectivity index is 1.76. The summed E-state index contributed by atoms with van der Waals surface area (Å²) in [6.07, 6.45) is 0.914. The third-order valence-electron chi connectivity index (χ3n) is 4.43. The van der Waals surface area contributed by atoms with Gasteiger partial charge < -0.3 is 10.6 Å². The predicted molar refractivity (Wildman–Crippen MR) is 108 cm³/mol. The fraction of sp³-hybridized carbons (Fsp3) is 0.227. The normalized spacial score (nSPS) is 10.5. The minimum Gasteiger partial charge on any atom is -0.347 e. The second kappa shape index (κ2) is 8.45. The molecule has 0 aliphatic heterocycles. The average molecular weight is 360 g/mol. The summed E-state index contributed by atoms with van der Waals surface area (Å²) >= 11 is 0. The summed E-state index contributed by atoms with van der Waals surface area (Å²) in [6, 6.07) is 17.8. The van der Waals surface area contributed by atoms with Crippen molar-refractivity contribution in [1.29, 1.82) is 0 Å². The number of amides is 1. The first kappa shape index (κ1) is 18.6. The summed E-state index contributed by atoms with van der Waals surface area (Å²) in [6.45, 7) is 6.39. The van der Waals surface area contributed by atoms with Crippen molar-refractivity contribution >= 4 is 17.4 Å². The molecule has 1 aromatic heterocycles. The lowest BCUT2D eigenvalue weighted by Crippen LogP contribution is -2.24. The molecule has 138 valence electrons. The molecule has 2 aromatic carbocycles. The van der Waals surface area contributed by atoms with Crippen LogP contribution in [0.5, 0.6) is 0 Å². The number of aromatic nitrogens is 2. The second-order valence-electron chi connectivity index (χ2n) is 6.43. The first-order valence-electron chi connectivity index (χ1n) is 9.10. The zero-order valence-corrected chi connectivity index (χ0v) is 15.9. The molecule has 0 spiro atoms. The highest BCUT2D eigenvalue weighted by Crippen LogP contribution is 2.20. The predicted octanol–water partition coefficient (Wildman–Crippen LogP) is 4.33. The van der Waals surface area contributed by atoms with Crippen molar-refractivity contribution < 1.29 is 4.79 Å². The molecule has 0 bridgehead atoms. The minimum absolute atomic E-state index is 0.212. The van der Waals surface area contributed by atoms with Crippen LogP contribution in [0.25, 0.3) is 0 Å². The maximum atomic E-state index is 12.6. The fourth-order valence-corrected chi connectivity index (χ4v) is 2.91. The lowest BCUT2D eigenvalue weighted by molar-refractivity contribution is 0.0945. The molecule has 1 heterocycles. The lowest BCUT2D eigenvalue weighted by Gasteiger charge is -2.12. The highest BCUT2D eigenvalue weighted by Gasteiger charge is 2.12. The number of aryl methyl sites for hydroxylation is 3. The van der Waals surface area contributed by atoms with E-state index in [1.165, 1.54) is 5.56 Å². The number of carbonyl (C=O) groups excluding carboxylic acids is 1. The van der Waals surface area contributed by atoms with Crippen LogP contribution >= 0.6 is 0 Å². The SMILES string of the molecule is CCc1ccccc1Nc1cc(C(=O)NCc2ccccc2C)nc(C)n1. The summed E-state index contributed by atoms with van der Waals surface area (Å²) < 4.78 is 0. The van der Waals surface area contributed by atoms with E-state index in [0.29, 0.717) is 23.9 Å². The summed E-state index contributed by atoms with van der Waals surface area (Å²) in [5, 5.41) is 6.25. The molecule has 0 aliphatic carbocycles. The first-order valence-corrected chi connectivity index (χ1v) is 9.10. The van der Waals surface area contributed by atoms with E-state index in [1.54, 1.807) is 13.0 Å². The van der Waals surface area contributed by atoms with Crippen LogP contribution in [0.4, 0.5) is 11.5 Å². The maximum Gasteiger partial charge on any atom is 0.270 e. The van der Waals surface area contributed by atoms with E-state index in [0.717, 1.165) is 23.2 Å². The molecule has 2 N–H and O–H groups in total. The van der Waals surface area contributed by atoms with Crippen LogP contribution in [0.2, 0.25) is 0 Å². The van der Waals surface area contributed by atoms with Crippen LogP contribution in [0.15, 0.2) is 54.6 Å². The number of nitrogens with zero attached hydrogens (tertiary/aromatic N) is 2. The molecular weight excluding hydrogens is 336 g/mol. The fourth-order valence-electron chi connectivity index (χ4n) is 2.91. The average Bonchev–Trinajstić information content (AvgIpc) is 2.67. The Labute approximate surface area is 159 Å². The van der Waals surface area contributed by atoms with Gasteiger partial charge in [0, 0.05) is 18.3 Å². The Morgan fingerprint density at radius 1 is 0.963 bits per heavy atom. The maximum absolute atomic E-state index is 12.6. The largest absolute Gasteiger partial charge is 0.347 e. The molecule has 0 saturated carbocycles. The van der Waals surface area contributed by atoms with E-state index < -0.39 is 0 Å². The number of hydrogen-bond donors (Lipinski definition) is 2. The van der Waals surface area contributed by atoms with Gasteiger partial charge in [0.05, 0.1) is 0 Å². The van der Waals surface area contributed by atoms with E-state index in [-0.39, 0.29) is 5.91 Å². The zero-order chi connectivity index (χ0) is 19.2. The molecule has 3 rings (SSSR count). The molecule has 0 radical (unpaired) electrons. The second-order valence-corrected chi connectivity index (χ2v) is 6.43. The molecule has 0 saturated heterocycles. The van der Waals surface area contributed by atoms with Crippen LogP contribution in [0.1, 0.15) is 39.9 Å². The van der Waals surface area contributed by atoms with Crippen LogP contribution in [-0.2, 0) is 13.0 Å². The van der Waals surface area contributed by atoms with Crippen molar-refractivity contribution in [2.24, 2.45) is 0 Å². The molecule has 27 heavy (non-hydrogen) atoms. The molecular formula is C22H24N4O. The van der Waals surface area contributed by atoms with Crippen molar-refractivity contribution in [3.8, 4) is 0 Å². The minimum atomic E-state index is -0.212.